The largest absolute Gasteiger partial charge is 0.377 e. The van der Waals surface area contributed by atoms with Gasteiger partial charge in [0.1, 0.15) is 5.15 Å². The van der Waals surface area contributed by atoms with Crippen molar-refractivity contribution < 1.29 is 17.7 Å². The SMILES string of the molecule is Cc1cc([C@@H](C)Nc2ccc(Cl)nc2C(=O)NS(C)(=O)=O)c2nc(N3C[C@@H]4C(c5nc(C)no5)[C@@H]4C3)n(C)c(=O)c2c1. The second-order valence-corrected chi connectivity index (χ2v) is 13.2. The molecule has 2 fully saturated rings. The zero-order valence-corrected chi connectivity index (χ0v) is 25.1. The first-order valence-electron chi connectivity index (χ1n) is 13.3. The van der Waals surface area contributed by atoms with Crippen molar-refractivity contribution in [1.82, 2.24) is 29.4 Å². The van der Waals surface area contributed by atoms with Crippen LogP contribution in [0.5, 0.6) is 0 Å². The number of nitrogens with one attached hydrogen (secondary N) is 2. The van der Waals surface area contributed by atoms with Gasteiger partial charge in [-0.3, -0.25) is 14.2 Å². The molecule has 6 rings (SSSR count). The van der Waals surface area contributed by atoms with Gasteiger partial charge in [0.15, 0.2) is 11.5 Å². The number of sulfonamides is 1. The Kier molecular flexibility index (Phi) is 6.72. The van der Waals surface area contributed by atoms with Crippen LogP contribution in [0, 0.1) is 25.7 Å². The van der Waals surface area contributed by atoms with Crippen LogP contribution in [0.3, 0.4) is 0 Å². The third kappa shape index (κ3) is 5.09. The van der Waals surface area contributed by atoms with Crippen molar-refractivity contribution in [3.8, 4) is 0 Å². The number of aryl methyl sites for hydroxylation is 2. The zero-order valence-electron chi connectivity index (χ0n) is 23.5. The van der Waals surface area contributed by atoms with Crippen molar-refractivity contribution in [1.29, 1.82) is 0 Å². The van der Waals surface area contributed by atoms with Crippen molar-refractivity contribution in [2.45, 2.75) is 32.7 Å². The molecule has 13 nitrogen and oxygen atoms in total. The lowest BCUT2D eigenvalue weighted by atomic mass is 10.0. The summed E-state index contributed by atoms with van der Waals surface area (Å²) in [5.41, 5.74) is 2.06. The summed E-state index contributed by atoms with van der Waals surface area (Å²) in [6.07, 6.45) is 0.879. The molecule has 2 aliphatic rings. The van der Waals surface area contributed by atoms with E-state index in [1.54, 1.807) is 24.6 Å². The molecule has 2 N–H and O–H groups in total. The van der Waals surface area contributed by atoms with E-state index in [0.717, 1.165) is 17.4 Å². The molecular weight excluding hydrogens is 584 g/mol. The quantitative estimate of drug-likeness (QED) is 0.295. The van der Waals surface area contributed by atoms with Gasteiger partial charge in [0, 0.05) is 31.6 Å². The Morgan fingerprint density at radius 3 is 2.50 bits per heavy atom. The first-order valence-corrected chi connectivity index (χ1v) is 15.6. The molecular formula is C27H29ClN8O5S. The summed E-state index contributed by atoms with van der Waals surface area (Å²) < 4.78 is 32.3. The van der Waals surface area contributed by atoms with E-state index in [1.807, 2.05) is 30.7 Å². The topological polar surface area (TPSA) is 165 Å². The van der Waals surface area contributed by atoms with Crippen LogP contribution in [-0.4, -0.2) is 58.3 Å². The van der Waals surface area contributed by atoms with Crippen LogP contribution >= 0.6 is 11.6 Å². The average Bonchev–Trinajstić information content (AvgIpc) is 3.20. The maximum Gasteiger partial charge on any atom is 0.285 e. The van der Waals surface area contributed by atoms with E-state index in [-0.39, 0.29) is 28.0 Å². The third-order valence-electron chi connectivity index (χ3n) is 7.83. The summed E-state index contributed by atoms with van der Waals surface area (Å²) in [6.45, 7) is 6.99. The van der Waals surface area contributed by atoms with E-state index in [4.69, 9.17) is 21.1 Å². The number of fused-ring (bicyclic) bond motifs is 2. The van der Waals surface area contributed by atoms with E-state index in [0.29, 0.717) is 53.5 Å². The Morgan fingerprint density at radius 1 is 1.14 bits per heavy atom. The molecule has 4 heterocycles. The molecule has 1 aliphatic heterocycles. The van der Waals surface area contributed by atoms with Crippen molar-refractivity contribution >= 4 is 50.1 Å². The van der Waals surface area contributed by atoms with Gasteiger partial charge in [-0.15, -0.1) is 0 Å². The Morgan fingerprint density at radius 2 is 1.86 bits per heavy atom. The van der Waals surface area contributed by atoms with Crippen LogP contribution in [0.4, 0.5) is 11.6 Å². The zero-order chi connectivity index (χ0) is 30.1. The van der Waals surface area contributed by atoms with Gasteiger partial charge in [-0.25, -0.2) is 23.1 Å². The molecule has 0 radical (unpaired) electrons. The van der Waals surface area contributed by atoms with Crippen LogP contribution < -0.4 is 20.5 Å². The molecule has 15 heteroatoms. The smallest absolute Gasteiger partial charge is 0.285 e. The van der Waals surface area contributed by atoms with Crippen LogP contribution in [0.2, 0.25) is 5.15 Å². The molecule has 4 aromatic rings. The highest BCUT2D eigenvalue weighted by Gasteiger charge is 2.59. The molecule has 0 spiro atoms. The number of carbonyl (C=O) groups is 1. The first-order chi connectivity index (χ1) is 19.8. The molecule has 1 saturated carbocycles. The molecule has 1 saturated heterocycles. The molecule has 42 heavy (non-hydrogen) atoms. The summed E-state index contributed by atoms with van der Waals surface area (Å²) in [7, 11) is -2.11. The molecule has 3 aromatic heterocycles. The fourth-order valence-electron chi connectivity index (χ4n) is 5.91. The number of nitrogens with zero attached hydrogens (tertiary/aromatic N) is 6. The minimum Gasteiger partial charge on any atom is -0.377 e. The summed E-state index contributed by atoms with van der Waals surface area (Å²) in [6, 6.07) is 6.34. The van der Waals surface area contributed by atoms with Crippen molar-refractivity contribution in [2.75, 3.05) is 29.6 Å². The van der Waals surface area contributed by atoms with Crippen LogP contribution in [-0.2, 0) is 17.1 Å². The highest BCUT2D eigenvalue weighted by molar-refractivity contribution is 7.89. The van der Waals surface area contributed by atoms with Crippen LogP contribution in [0.1, 0.15) is 52.2 Å². The normalized spacial score (nSPS) is 20.4. The standard InChI is InChI=1S/C27H29ClN8O5S/c1-12-8-15(13(2)29-19-6-7-20(28)31-23(19)24(37)34-42(5,39)40)22-16(9-12)26(38)35(4)27(32-22)36-10-17-18(11-36)21(17)25-30-14(3)33-41-25/h6-9,13,17-18,21,29H,10-11H2,1-5H3,(H,34,37)/t13-,17-,18+,21?/m1/s1. The molecule has 1 aliphatic carbocycles. The number of pyridine rings is 1. The summed E-state index contributed by atoms with van der Waals surface area (Å²) in [4.78, 5) is 41.9. The van der Waals surface area contributed by atoms with Gasteiger partial charge < -0.3 is 14.7 Å². The van der Waals surface area contributed by atoms with Crippen LogP contribution in [0.15, 0.2) is 33.6 Å². The lowest BCUT2D eigenvalue weighted by Gasteiger charge is -2.24. The Bertz CT molecular complexity index is 1910. The molecule has 1 unspecified atom stereocenters. The maximum absolute atomic E-state index is 13.6. The summed E-state index contributed by atoms with van der Waals surface area (Å²) in [5.74, 6) is 1.87. The predicted octanol–water partition coefficient (Wildman–Crippen LogP) is 2.69. The van der Waals surface area contributed by atoms with Gasteiger partial charge >= 0.3 is 0 Å². The molecule has 220 valence electrons. The lowest BCUT2D eigenvalue weighted by molar-refractivity contribution is 0.0977. The van der Waals surface area contributed by atoms with E-state index < -0.39 is 22.0 Å². The van der Waals surface area contributed by atoms with Gasteiger partial charge in [0.05, 0.1) is 28.9 Å². The monoisotopic (exact) mass is 612 g/mol. The third-order valence-corrected chi connectivity index (χ3v) is 8.60. The minimum atomic E-state index is -3.83. The van der Waals surface area contributed by atoms with Gasteiger partial charge in [-0.1, -0.05) is 22.8 Å². The second-order valence-electron chi connectivity index (χ2n) is 11.1. The number of anilines is 2. The number of halogens is 1. The second kappa shape index (κ2) is 10.1. The van der Waals surface area contributed by atoms with Crippen molar-refractivity contribution in [3.63, 3.8) is 0 Å². The molecule has 1 aromatic carbocycles. The van der Waals surface area contributed by atoms with E-state index in [2.05, 4.69) is 25.3 Å². The number of aromatic nitrogens is 5. The fourth-order valence-corrected chi connectivity index (χ4v) is 6.49. The molecule has 0 bridgehead atoms. The molecule has 1 amide bonds. The van der Waals surface area contributed by atoms with Gasteiger partial charge in [0.25, 0.3) is 11.5 Å². The molecule has 4 atom stereocenters. The Hall–Kier alpha value is -4.04. The van der Waals surface area contributed by atoms with Crippen molar-refractivity contribution in [2.24, 2.45) is 18.9 Å². The summed E-state index contributed by atoms with van der Waals surface area (Å²) in [5, 5.41) is 7.66. The highest BCUT2D eigenvalue weighted by Crippen LogP contribution is 2.58. The van der Waals surface area contributed by atoms with Gasteiger partial charge in [-0.2, -0.15) is 4.98 Å². The number of hydrogen-bond donors (Lipinski definition) is 2. The van der Waals surface area contributed by atoms with Gasteiger partial charge in [-0.05, 0) is 56.4 Å². The van der Waals surface area contributed by atoms with E-state index in [9.17, 15) is 18.0 Å². The highest BCUT2D eigenvalue weighted by atomic mass is 35.5. The van der Waals surface area contributed by atoms with Crippen LogP contribution in [0.25, 0.3) is 10.9 Å². The lowest BCUT2D eigenvalue weighted by Crippen LogP contribution is -2.32. The van der Waals surface area contributed by atoms with E-state index in [1.165, 1.54) is 6.07 Å². The number of rotatable bonds is 7. The fraction of sp³-hybridized carbons (Fsp3) is 0.407. The first kappa shape index (κ1) is 28.1. The predicted molar refractivity (Wildman–Crippen MR) is 156 cm³/mol. The minimum absolute atomic E-state index is 0.0304. The number of hydrogen-bond acceptors (Lipinski definition) is 11. The Balaban J connectivity index is 1.33. The number of piperidine rings is 1. The Labute approximate surface area is 246 Å². The maximum atomic E-state index is 13.6. The number of benzene rings is 1. The van der Waals surface area contributed by atoms with Gasteiger partial charge in [0.2, 0.25) is 21.9 Å². The van der Waals surface area contributed by atoms with E-state index >= 15 is 0 Å². The number of carbonyl (C=O) groups excluding carboxylic acids is 1. The summed E-state index contributed by atoms with van der Waals surface area (Å²) >= 11 is 6.02. The van der Waals surface area contributed by atoms with Crippen molar-refractivity contribution in [3.05, 3.63) is 68.3 Å². The average molecular weight is 613 g/mol. The number of amides is 1.